The highest BCUT2D eigenvalue weighted by molar-refractivity contribution is 5.76. The monoisotopic (exact) mass is 235 g/mol. The molecule has 0 saturated carbocycles. The average molecular weight is 235 g/mol. The number of benzene rings is 1. The van der Waals surface area contributed by atoms with Crippen molar-refractivity contribution < 1.29 is 9.90 Å². The number of amides is 1. The van der Waals surface area contributed by atoms with Gasteiger partial charge in [0, 0.05) is 6.42 Å². The molecular weight excluding hydrogens is 214 g/mol. The number of aryl methyl sites for hydroxylation is 1. The van der Waals surface area contributed by atoms with E-state index in [0.29, 0.717) is 6.42 Å². The molecule has 3 nitrogen and oxygen atoms in total. The van der Waals surface area contributed by atoms with Gasteiger partial charge in [-0.15, -0.1) is 0 Å². The summed E-state index contributed by atoms with van der Waals surface area (Å²) in [5.41, 5.74) is 2.21. The summed E-state index contributed by atoms with van der Waals surface area (Å²) in [6.45, 7) is 3.99. The SMILES string of the molecule is CCCC(=O)NC(CO)c1ccc(CC)cc1. The first-order chi connectivity index (χ1) is 8.21. The van der Waals surface area contributed by atoms with Crippen LogP contribution in [0.4, 0.5) is 0 Å². The van der Waals surface area contributed by atoms with E-state index in [1.54, 1.807) is 0 Å². The zero-order chi connectivity index (χ0) is 12.7. The van der Waals surface area contributed by atoms with Crippen LogP contribution in [0.3, 0.4) is 0 Å². The number of hydrogen-bond acceptors (Lipinski definition) is 2. The fourth-order valence-electron chi connectivity index (χ4n) is 1.71. The van der Waals surface area contributed by atoms with Gasteiger partial charge in [0.2, 0.25) is 5.91 Å². The minimum Gasteiger partial charge on any atom is -0.394 e. The van der Waals surface area contributed by atoms with E-state index >= 15 is 0 Å². The van der Waals surface area contributed by atoms with Gasteiger partial charge >= 0.3 is 0 Å². The second-order valence-corrected chi connectivity index (χ2v) is 4.15. The highest BCUT2D eigenvalue weighted by Gasteiger charge is 2.12. The summed E-state index contributed by atoms with van der Waals surface area (Å²) >= 11 is 0. The van der Waals surface area contributed by atoms with Gasteiger partial charge < -0.3 is 10.4 Å². The molecule has 0 aliphatic rings. The maximum atomic E-state index is 11.5. The van der Waals surface area contributed by atoms with Gasteiger partial charge in [0.25, 0.3) is 0 Å². The van der Waals surface area contributed by atoms with Crippen LogP contribution in [0.5, 0.6) is 0 Å². The van der Waals surface area contributed by atoms with E-state index in [9.17, 15) is 9.90 Å². The second kappa shape index (κ2) is 7.07. The predicted octanol–water partition coefficient (Wildman–Crippen LogP) is 2.20. The maximum Gasteiger partial charge on any atom is 0.220 e. The normalized spacial score (nSPS) is 12.2. The second-order valence-electron chi connectivity index (χ2n) is 4.15. The van der Waals surface area contributed by atoms with Crippen molar-refractivity contribution in [1.29, 1.82) is 0 Å². The van der Waals surface area contributed by atoms with Gasteiger partial charge in [-0.1, -0.05) is 38.1 Å². The zero-order valence-electron chi connectivity index (χ0n) is 10.6. The smallest absolute Gasteiger partial charge is 0.220 e. The maximum absolute atomic E-state index is 11.5. The van der Waals surface area contributed by atoms with Crippen LogP contribution in [-0.2, 0) is 11.2 Å². The quantitative estimate of drug-likeness (QED) is 0.794. The molecule has 17 heavy (non-hydrogen) atoms. The lowest BCUT2D eigenvalue weighted by Crippen LogP contribution is -2.30. The molecule has 0 saturated heterocycles. The van der Waals surface area contributed by atoms with Gasteiger partial charge in [-0.2, -0.15) is 0 Å². The van der Waals surface area contributed by atoms with Crippen LogP contribution in [0.25, 0.3) is 0 Å². The Balaban J connectivity index is 2.68. The lowest BCUT2D eigenvalue weighted by Gasteiger charge is -2.17. The molecule has 1 aromatic carbocycles. The van der Waals surface area contributed by atoms with Crippen LogP contribution in [-0.4, -0.2) is 17.6 Å². The van der Waals surface area contributed by atoms with Gasteiger partial charge in [0.1, 0.15) is 0 Å². The molecular formula is C14H21NO2. The average Bonchev–Trinajstić information content (AvgIpc) is 2.36. The Morgan fingerprint density at radius 3 is 2.41 bits per heavy atom. The first-order valence-corrected chi connectivity index (χ1v) is 6.20. The molecule has 1 unspecified atom stereocenters. The molecule has 1 rings (SSSR count). The van der Waals surface area contributed by atoms with Crippen LogP contribution in [0.15, 0.2) is 24.3 Å². The number of carbonyl (C=O) groups is 1. The van der Waals surface area contributed by atoms with E-state index in [4.69, 9.17) is 0 Å². The van der Waals surface area contributed by atoms with Crippen LogP contribution >= 0.6 is 0 Å². The summed E-state index contributed by atoms with van der Waals surface area (Å²) in [7, 11) is 0. The van der Waals surface area contributed by atoms with Crippen molar-refractivity contribution in [1.82, 2.24) is 5.32 Å². The van der Waals surface area contributed by atoms with Gasteiger partial charge in [-0.3, -0.25) is 4.79 Å². The summed E-state index contributed by atoms with van der Waals surface area (Å²) in [5.74, 6) is -0.00822. The van der Waals surface area contributed by atoms with Crippen molar-refractivity contribution >= 4 is 5.91 Å². The number of aliphatic hydroxyl groups is 1. The number of nitrogens with one attached hydrogen (secondary N) is 1. The summed E-state index contributed by atoms with van der Waals surface area (Å²) in [5, 5.41) is 12.1. The van der Waals surface area contributed by atoms with E-state index in [-0.39, 0.29) is 18.6 Å². The number of hydrogen-bond donors (Lipinski definition) is 2. The molecule has 1 aromatic rings. The van der Waals surface area contributed by atoms with Crippen molar-refractivity contribution in [3.63, 3.8) is 0 Å². The van der Waals surface area contributed by atoms with Crippen LogP contribution in [0.1, 0.15) is 43.9 Å². The Bertz CT molecular complexity index is 346. The first-order valence-electron chi connectivity index (χ1n) is 6.20. The Kier molecular flexibility index (Phi) is 5.70. The molecule has 0 fully saturated rings. The molecule has 1 amide bonds. The molecule has 0 bridgehead atoms. The fraction of sp³-hybridized carbons (Fsp3) is 0.500. The summed E-state index contributed by atoms with van der Waals surface area (Å²) in [4.78, 5) is 11.5. The van der Waals surface area contributed by atoms with Crippen LogP contribution < -0.4 is 5.32 Å². The van der Waals surface area contributed by atoms with E-state index in [2.05, 4.69) is 12.2 Å². The van der Waals surface area contributed by atoms with E-state index in [1.165, 1.54) is 5.56 Å². The largest absolute Gasteiger partial charge is 0.394 e. The van der Waals surface area contributed by atoms with E-state index in [1.807, 2.05) is 31.2 Å². The van der Waals surface area contributed by atoms with E-state index in [0.717, 1.165) is 18.4 Å². The topological polar surface area (TPSA) is 49.3 Å². The van der Waals surface area contributed by atoms with Crippen LogP contribution in [0.2, 0.25) is 0 Å². The predicted molar refractivity (Wildman–Crippen MR) is 68.7 cm³/mol. The Morgan fingerprint density at radius 1 is 1.29 bits per heavy atom. The number of rotatable bonds is 6. The third-order valence-corrected chi connectivity index (χ3v) is 2.79. The number of carbonyl (C=O) groups excluding carboxylic acids is 1. The standard InChI is InChI=1S/C14H21NO2/c1-3-5-14(17)15-13(10-16)12-8-6-11(4-2)7-9-12/h6-9,13,16H,3-5,10H2,1-2H3,(H,15,17). The molecule has 3 heteroatoms. The van der Waals surface area contributed by atoms with Crippen LogP contribution in [0, 0.1) is 0 Å². The summed E-state index contributed by atoms with van der Waals surface area (Å²) in [6.07, 6.45) is 2.31. The zero-order valence-corrected chi connectivity index (χ0v) is 10.6. The molecule has 0 radical (unpaired) electrons. The Labute approximate surface area is 103 Å². The molecule has 1 atom stereocenters. The lowest BCUT2D eigenvalue weighted by molar-refractivity contribution is -0.122. The van der Waals surface area contributed by atoms with Gasteiger partial charge in [0.05, 0.1) is 12.6 Å². The molecule has 0 aliphatic carbocycles. The first kappa shape index (κ1) is 13.7. The third-order valence-electron chi connectivity index (χ3n) is 2.79. The lowest BCUT2D eigenvalue weighted by atomic mass is 10.0. The highest BCUT2D eigenvalue weighted by atomic mass is 16.3. The van der Waals surface area contributed by atoms with Crippen molar-refractivity contribution in [2.45, 2.75) is 39.2 Å². The Morgan fingerprint density at radius 2 is 1.94 bits per heavy atom. The third kappa shape index (κ3) is 4.19. The van der Waals surface area contributed by atoms with Gasteiger partial charge in [-0.25, -0.2) is 0 Å². The summed E-state index contributed by atoms with van der Waals surface area (Å²) < 4.78 is 0. The van der Waals surface area contributed by atoms with Gasteiger partial charge in [0.15, 0.2) is 0 Å². The number of aliphatic hydroxyl groups excluding tert-OH is 1. The molecule has 0 aromatic heterocycles. The van der Waals surface area contributed by atoms with E-state index < -0.39 is 0 Å². The molecule has 0 spiro atoms. The minimum absolute atomic E-state index is 0.00822. The van der Waals surface area contributed by atoms with Crippen molar-refractivity contribution in [2.24, 2.45) is 0 Å². The van der Waals surface area contributed by atoms with Crippen molar-refractivity contribution in [2.75, 3.05) is 6.61 Å². The Hall–Kier alpha value is -1.35. The van der Waals surface area contributed by atoms with Crippen molar-refractivity contribution in [3.8, 4) is 0 Å². The minimum atomic E-state index is -0.292. The molecule has 0 heterocycles. The summed E-state index contributed by atoms with van der Waals surface area (Å²) in [6, 6.07) is 7.70. The molecule has 94 valence electrons. The molecule has 2 N–H and O–H groups in total. The van der Waals surface area contributed by atoms with Gasteiger partial charge in [-0.05, 0) is 24.0 Å². The fourth-order valence-corrected chi connectivity index (χ4v) is 1.71. The molecule has 0 aliphatic heterocycles. The van der Waals surface area contributed by atoms with Crippen molar-refractivity contribution in [3.05, 3.63) is 35.4 Å². The highest BCUT2D eigenvalue weighted by Crippen LogP contribution is 2.14.